The highest BCUT2D eigenvalue weighted by Crippen LogP contribution is 2.27. The van der Waals surface area contributed by atoms with Gasteiger partial charge in [0.2, 0.25) is 0 Å². The Kier molecular flexibility index (Phi) is 5.74. The van der Waals surface area contributed by atoms with Crippen LogP contribution in [0.15, 0.2) is 47.2 Å². The molecule has 3 heteroatoms. The maximum absolute atomic E-state index is 4.09. The van der Waals surface area contributed by atoms with E-state index in [0.29, 0.717) is 6.04 Å². The summed E-state index contributed by atoms with van der Waals surface area (Å²) in [6.07, 6.45) is 5.83. The van der Waals surface area contributed by atoms with E-state index >= 15 is 0 Å². The molecule has 0 spiro atoms. The number of halogens is 1. The van der Waals surface area contributed by atoms with Crippen LogP contribution in [0.25, 0.3) is 0 Å². The fourth-order valence-corrected chi connectivity index (χ4v) is 2.82. The van der Waals surface area contributed by atoms with Crippen molar-refractivity contribution in [3.05, 3.63) is 63.9 Å². The molecule has 0 fully saturated rings. The number of pyridine rings is 1. The van der Waals surface area contributed by atoms with Crippen LogP contribution in [-0.4, -0.2) is 11.5 Å². The molecule has 0 bridgehead atoms. The van der Waals surface area contributed by atoms with Crippen LogP contribution in [-0.2, 0) is 6.42 Å². The molecule has 106 valence electrons. The lowest BCUT2D eigenvalue weighted by atomic mass is 9.98. The van der Waals surface area contributed by atoms with Crippen LogP contribution in [0.3, 0.4) is 0 Å². The van der Waals surface area contributed by atoms with Crippen LogP contribution in [0.4, 0.5) is 0 Å². The second-order valence-electron chi connectivity index (χ2n) is 5.09. The fraction of sp³-hybridized carbons (Fsp3) is 0.353. The predicted molar refractivity (Wildman–Crippen MR) is 87.9 cm³/mol. The van der Waals surface area contributed by atoms with Crippen molar-refractivity contribution in [2.45, 2.75) is 32.7 Å². The SMILES string of the molecule is CCCNC(Cc1ccncc1)c1cc(C)ccc1Br. The molecule has 1 atom stereocenters. The third kappa shape index (κ3) is 4.15. The Morgan fingerprint density at radius 2 is 1.95 bits per heavy atom. The zero-order chi connectivity index (χ0) is 14.4. The number of aryl methyl sites for hydroxylation is 1. The second kappa shape index (κ2) is 7.55. The standard InChI is InChI=1S/C17H21BrN2/c1-3-8-20-17(12-14-6-9-19-10-7-14)15-11-13(2)4-5-16(15)18/h4-7,9-11,17,20H,3,8,12H2,1-2H3. The Labute approximate surface area is 129 Å². The zero-order valence-corrected chi connectivity index (χ0v) is 13.7. The van der Waals surface area contributed by atoms with Crippen LogP contribution >= 0.6 is 15.9 Å². The number of nitrogens with zero attached hydrogens (tertiary/aromatic N) is 1. The number of hydrogen-bond acceptors (Lipinski definition) is 2. The Balaban J connectivity index is 2.24. The number of hydrogen-bond donors (Lipinski definition) is 1. The number of nitrogens with one attached hydrogen (secondary N) is 1. The van der Waals surface area contributed by atoms with Gasteiger partial charge < -0.3 is 5.32 Å². The van der Waals surface area contributed by atoms with Gasteiger partial charge in [-0.25, -0.2) is 0 Å². The lowest BCUT2D eigenvalue weighted by molar-refractivity contribution is 0.527. The van der Waals surface area contributed by atoms with Gasteiger partial charge in [-0.15, -0.1) is 0 Å². The highest BCUT2D eigenvalue weighted by atomic mass is 79.9. The summed E-state index contributed by atoms with van der Waals surface area (Å²) in [5, 5.41) is 3.65. The fourth-order valence-electron chi connectivity index (χ4n) is 2.30. The van der Waals surface area contributed by atoms with Crippen molar-refractivity contribution in [3.8, 4) is 0 Å². The van der Waals surface area contributed by atoms with Crippen LogP contribution < -0.4 is 5.32 Å². The lowest BCUT2D eigenvalue weighted by Gasteiger charge is -2.21. The first-order chi connectivity index (χ1) is 9.70. The maximum Gasteiger partial charge on any atom is 0.0372 e. The molecule has 0 aliphatic carbocycles. The summed E-state index contributed by atoms with van der Waals surface area (Å²) in [5.41, 5.74) is 3.93. The zero-order valence-electron chi connectivity index (χ0n) is 12.1. The third-order valence-corrected chi connectivity index (χ3v) is 4.08. The van der Waals surface area contributed by atoms with E-state index in [1.165, 1.54) is 21.2 Å². The molecule has 1 unspecified atom stereocenters. The number of aromatic nitrogens is 1. The molecule has 0 aliphatic rings. The third-order valence-electron chi connectivity index (χ3n) is 3.36. The van der Waals surface area contributed by atoms with Gasteiger partial charge in [-0.05, 0) is 55.6 Å². The summed E-state index contributed by atoms with van der Waals surface area (Å²) < 4.78 is 1.17. The van der Waals surface area contributed by atoms with E-state index < -0.39 is 0 Å². The molecule has 1 aromatic carbocycles. The molecule has 2 aromatic rings. The largest absolute Gasteiger partial charge is 0.310 e. The van der Waals surface area contributed by atoms with E-state index in [2.05, 4.69) is 70.4 Å². The van der Waals surface area contributed by atoms with Gasteiger partial charge in [0.05, 0.1) is 0 Å². The van der Waals surface area contributed by atoms with E-state index in [4.69, 9.17) is 0 Å². The summed E-state index contributed by atoms with van der Waals surface area (Å²) in [4.78, 5) is 4.09. The summed E-state index contributed by atoms with van der Waals surface area (Å²) >= 11 is 3.68. The Bertz CT molecular complexity index is 540. The Hall–Kier alpha value is -1.19. The normalized spacial score (nSPS) is 12.3. The molecular weight excluding hydrogens is 312 g/mol. The van der Waals surface area contributed by atoms with Crippen LogP contribution in [0.5, 0.6) is 0 Å². The van der Waals surface area contributed by atoms with Gasteiger partial charge in [-0.3, -0.25) is 4.98 Å². The van der Waals surface area contributed by atoms with Gasteiger partial charge in [0.15, 0.2) is 0 Å². The van der Waals surface area contributed by atoms with E-state index in [1.54, 1.807) is 0 Å². The highest BCUT2D eigenvalue weighted by molar-refractivity contribution is 9.10. The molecule has 0 saturated heterocycles. The average molecular weight is 333 g/mol. The summed E-state index contributed by atoms with van der Waals surface area (Å²) in [5.74, 6) is 0. The number of benzene rings is 1. The molecule has 1 heterocycles. The van der Waals surface area contributed by atoms with Crippen molar-refractivity contribution in [1.29, 1.82) is 0 Å². The monoisotopic (exact) mass is 332 g/mol. The van der Waals surface area contributed by atoms with E-state index in [-0.39, 0.29) is 0 Å². The van der Waals surface area contributed by atoms with Gasteiger partial charge in [0.25, 0.3) is 0 Å². The molecule has 2 rings (SSSR count). The van der Waals surface area contributed by atoms with Gasteiger partial charge in [-0.2, -0.15) is 0 Å². The first kappa shape index (κ1) is 15.2. The van der Waals surface area contributed by atoms with Gasteiger partial charge >= 0.3 is 0 Å². The highest BCUT2D eigenvalue weighted by Gasteiger charge is 2.14. The minimum absolute atomic E-state index is 0.326. The molecule has 0 aliphatic heterocycles. The molecule has 0 saturated carbocycles. The lowest BCUT2D eigenvalue weighted by Crippen LogP contribution is -2.24. The van der Waals surface area contributed by atoms with Crippen molar-refractivity contribution < 1.29 is 0 Å². The van der Waals surface area contributed by atoms with E-state index in [1.807, 2.05) is 12.4 Å². The summed E-state index contributed by atoms with van der Waals surface area (Å²) in [6, 6.07) is 11.0. The Morgan fingerprint density at radius 1 is 1.20 bits per heavy atom. The molecule has 1 aromatic heterocycles. The van der Waals surface area contributed by atoms with Gasteiger partial charge in [0, 0.05) is 22.9 Å². The quantitative estimate of drug-likeness (QED) is 0.846. The summed E-state index contributed by atoms with van der Waals surface area (Å²) in [6.45, 7) is 5.36. The molecule has 0 radical (unpaired) electrons. The molecule has 20 heavy (non-hydrogen) atoms. The van der Waals surface area contributed by atoms with Crippen molar-refractivity contribution in [2.24, 2.45) is 0 Å². The van der Waals surface area contributed by atoms with Crippen molar-refractivity contribution in [3.63, 3.8) is 0 Å². The Morgan fingerprint density at radius 3 is 2.65 bits per heavy atom. The van der Waals surface area contributed by atoms with E-state index in [0.717, 1.165) is 19.4 Å². The molecule has 1 N–H and O–H groups in total. The predicted octanol–water partition coefficient (Wildman–Crippen LogP) is 4.44. The average Bonchev–Trinajstić information content (AvgIpc) is 2.47. The minimum Gasteiger partial charge on any atom is -0.310 e. The molecular formula is C17H21BrN2. The second-order valence-corrected chi connectivity index (χ2v) is 5.95. The topological polar surface area (TPSA) is 24.9 Å². The van der Waals surface area contributed by atoms with Crippen molar-refractivity contribution >= 4 is 15.9 Å². The van der Waals surface area contributed by atoms with Crippen LogP contribution in [0.1, 0.15) is 36.1 Å². The minimum atomic E-state index is 0.326. The first-order valence-electron chi connectivity index (χ1n) is 7.09. The summed E-state index contributed by atoms with van der Waals surface area (Å²) in [7, 11) is 0. The maximum atomic E-state index is 4.09. The van der Waals surface area contributed by atoms with Gasteiger partial charge in [0.1, 0.15) is 0 Å². The first-order valence-corrected chi connectivity index (χ1v) is 7.88. The van der Waals surface area contributed by atoms with Crippen LogP contribution in [0, 0.1) is 6.92 Å². The van der Waals surface area contributed by atoms with Gasteiger partial charge in [-0.1, -0.05) is 40.5 Å². The molecule has 2 nitrogen and oxygen atoms in total. The molecule has 0 amide bonds. The van der Waals surface area contributed by atoms with E-state index in [9.17, 15) is 0 Å². The van der Waals surface area contributed by atoms with Crippen molar-refractivity contribution in [1.82, 2.24) is 10.3 Å². The number of rotatable bonds is 6. The van der Waals surface area contributed by atoms with Crippen molar-refractivity contribution in [2.75, 3.05) is 6.54 Å². The smallest absolute Gasteiger partial charge is 0.0372 e. The van der Waals surface area contributed by atoms with Crippen LogP contribution in [0.2, 0.25) is 0 Å².